The minimum absolute atomic E-state index is 0.234. The van der Waals surface area contributed by atoms with Gasteiger partial charge in [-0.05, 0) is 42.3 Å². The number of esters is 1. The molecule has 24 heavy (non-hydrogen) atoms. The van der Waals surface area contributed by atoms with Gasteiger partial charge in [-0.3, -0.25) is 0 Å². The second kappa shape index (κ2) is 6.07. The van der Waals surface area contributed by atoms with E-state index in [4.69, 9.17) is 16.3 Å². The first-order valence-electron chi connectivity index (χ1n) is 7.29. The highest BCUT2D eigenvalue weighted by Gasteiger charge is 2.32. The molecule has 0 N–H and O–H groups in total. The Morgan fingerprint density at radius 3 is 2.04 bits per heavy atom. The number of hydrogen-bond donors (Lipinski definition) is 0. The lowest BCUT2D eigenvalue weighted by Crippen LogP contribution is -2.05. The largest absolute Gasteiger partial charge is 0.454 e. The molecule has 4 nitrogen and oxygen atoms in total. The summed E-state index contributed by atoms with van der Waals surface area (Å²) in [6, 6.07) is 13.4. The first kappa shape index (κ1) is 16.7. The molecule has 124 valence electrons. The number of sulfone groups is 1. The highest BCUT2D eigenvalue weighted by atomic mass is 35.5. The van der Waals surface area contributed by atoms with Gasteiger partial charge in [0.2, 0.25) is 0 Å². The fraction of sp³-hybridized carbons (Fsp3) is 0.167. The molecule has 1 heterocycles. The first-order chi connectivity index (χ1) is 11.3. The van der Waals surface area contributed by atoms with Crippen LogP contribution in [0.15, 0.2) is 53.4 Å². The van der Waals surface area contributed by atoms with Crippen LogP contribution in [-0.4, -0.2) is 26.7 Å². The van der Waals surface area contributed by atoms with Gasteiger partial charge in [0.05, 0.1) is 10.5 Å². The lowest BCUT2D eigenvalue weighted by molar-refractivity contribution is -0.136. The van der Waals surface area contributed by atoms with Crippen LogP contribution in [0.5, 0.6) is 0 Å². The summed E-state index contributed by atoms with van der Waals surface area (Å²) >= 11 is 5.91. The van der Waals surface area contributed by atoms with Crippen molar-refractivity contribution >= 4 is 38.6 Å². The lowest BCUT2D eigenvalue weighted by atomic mass is 9.93. The van der Waals surface area contributed by atoms with Gasteiger partial charge in [-0.15, -0.1) is 0 Å². The molecule has 0 aromatic heterocycles. The number of ether oxygens (including phenoxy) is 1. The minimum atomic E-state index is -3.27. The number of halogens is 1. The Hall–Kier alpha value is -2.11. The summed E-state index contributed by atoms with van der Waals surface area (Å²) < 4.78 is 28.6. The maximum atomic E-state index is 12.3. The molecule has 3 rings (SSSR count). The van der Waals surface area contributed by atoms with Gasteiger partial charge in [-0.1, -0.05) is 35.9 Å². The van der Waals surface area contributed by atoms with Gasteiger partial charge in [-0.25, -0.2) is 13.2 Å². The number of hydrogen-bond acceptors (Lipinski definition) is 4. The highest BCUT2D eigenvalue weighted by Crippen LogP contribution is 2.37. The van der Waals surface area contributed by atoms with Crippen LogP contribution < -0.4 is 0 Å². The smallest absolute Gasteiger partial charge is 0.339 e. The summed E-state index contributed by atoms with van der Waals surface area (Å²) in [5.74, 6) is -0.396. The molecule has 1 aliphatic rings. The molecule has 2 aromatic carbocycles. The predicted molar refractivity (Wildman–Crippen MR) is 93.4 cm³/mol. The molecule has 1 atom stereocenters. The van der Waals surface area contributed by atoms with Crippen molar-refractivity contribution in [2.75, 3.05) is 6.26 Å². The van der Waals surface area contributed by atoms with E-state index < -0.39 is 21.9 Å². The molecule has 1 aliphatic heterocycles. The topological polar surface area (TPSA) is 60.4 Å². The number of carbonyl (C=O) groups excluding carboxylic acids is 1. The van der Waals surface area contributed by atoms with E-state index in [1.165, 1.54) is 12.1 Å². The third-order valence-electron chi connectivity index (χ3n) is 3.89. The Balaban J connectivity index is 2.14. The third kappa shape index (κ3) is 3.09. The monoisotopic (exact) mass is 362 g/mol. The molecule has 2 aromatic rings. The first-order valence-corrected chi connectivity index (χ1v) is 9.56. The predicted octanol–water partition coefficient (Wildman–Crippen LogP) is 3.60. The summed E-state index contributed by atoms with van der Waals surface area (Å²) in [6.45, 7) is 1.79. The molecule has 0 saturated carbocycles. The van der Waals surface area contributed by atoms with Gasteiger partial charge in [0.1, 0.15) is 6.10 Å². The third-order valence-corrected chi connectivity index (χ3v) is 5.27. The van der Waals surface area contributed by atoms with Crippen molar-refractivity contribution in [2.24, 2.45) is 0 Å². The van der Waals surface area contributed by atoms with E-state index in [0.29, 0.717) is 10.6 Å². The Morgan fingerprint density at radius 2 is 1.50 bits per heavy atom. The van der Waals surface area contributed by atoms with Crippen molar-refractivity contribution in [3.8, 4) is 0 Å². The average Bonchev–Trinajstić information content (AvgIpc) is 2.82. The Morgan fingerprint density at radius 1 is 0.958 bits per heavy atom. The zero-order chi connectivity index (χ0) is 17.5. The van der Waals surface area contributed by atoms with Crippen molar-refractivity contribution in [1.82, 2.24) is 0 Å². The summed E-state index contributed by atoms with van der Waals surface area (Å²) in [4.78, 5) is 12.5. The van der Waals surface area contributed by atoms with Crippen LogP contribution in [0.4, 0.5) is 0 Å². The van der Waals surface area contributed by atoms with Crippen LogP contribution in [0.25, 0.3) is 11.1 Å². The summed E-state index contributed by atoms with van der Waals surface area (Å²) in [6.07, 6.45) is 0.748. The lowest BCUT2D eigenvalue weighted by Gasteiger charge is -2.10. The molecule has 0 aliphatic carbocycles. The quantitative estimate of drug-likeness (QED) is 0.783. The Bertz CT molecular complexity index is 926. The summed E-state index contributed by atoms with van der Waals surface area (Å²) in [7, 11) is -3.27. The van der Waals surface area contributed by atoms with E-state index >= 15 is 0 Å². The van der Waals surface area contributed by atoms with E-state index in [0.717, 1.165) is 23.0 Å². The van der Waals surface area contributed by atoms with Crippen molar-refractivity contribution < 1.29 is 17.9 Å². The molecule has 0 radical (unpaired) electrons. The fourth-order valence-corrected chi connectivity index (χ4v) is 3.50. The molecule has 1 unspecified atom stereocenters. The maximum Gasteiger partial charge on any atom is 0.339 e. The second-order valence-electron chi connectivity index (χ2n) is 5.64. The second-order valence-corrected chi connectivity index (χ2v) is 8.09. The molecule has 0 bridgehead atoms. The standard InChI is InChI=1S/C18H15ClO4S/c1-11-16(12-5-9-15(10-6-12)24(2,21)22)17(18(20)23-11)13-3-7-14(19)8-4-13/h3-11H,1-2H3. The summed E-state index contributed by atoms with van der Waals surface area (Å²) in [5.41, 5.74) is 2.69. The zero-order valence-corrected chi connectivity index (χ0v) is 14.7. The van der Waals surface area contributed by atoms with Crippen LogP contribution in [0.2, 0.25) is 5.02 Å². The van der Waals surface area contributed by atoms with E-state index in [1.807, 2.05) is 0 Å². The van der Waals surface area contributed by atoms with Crippen molar-refractivity contribution in [1.29, 1.82) is 0 Å². The van der Waals surface area contributed by atoms with Crippen LogP contribution >= 0.6 is 11.6 Å². The SMILES string of the molecule is CC1OC(=O)C(c2ccc(Cl)cc2)=C1c1ccc(S(C)(=O)=O)cc1. The van der Waals surface area contributed by atoms with Crippen LogP contribution in [0, 0.1) is 0 Å². The van der Waals surface area contributed by atoms with Gasteiger partial charge in [-0.2, -0.15) is 0 Å². The zero-order valence-electron chi connectivity index (χ0n) is 13.1. The fourth-order valence-electron chi connectivity index (χ4n) is 2.74. The van der Waals surface area contributed by atoms with E-state index in [1.54, 1.807) is 43.3 Å². The summed E-state index contributed by atoms with van der Waals surface area (Å²) in [5, 5.41) is 0.581. The number of carbonyl (C=O) groups is 1. The number of benzene rings is 2. The van der Waals surface area contributed by atoms with Crippen molar-refractivity contribution in [2.45, 2.75) is 17.9 Å². The molecular weight excluding hydrogens is 348 g/mol. The van der Waals surface area contributed by atoms with Crippen molar-refractivity contribution in [3.63, 3.8) is 0 Å². The van der Waals surface area contributed by atoms with Gasteiger partial charge in [0.15, 0.2) is 9.84 Å². The Labute approximate surface area is 145 Å². The van der Waals surface area contributed by atoms with Crippen molar-refractivity contribution in [3.05, 3.63) is 64.7 Å². The van der Waals surface area contributed by atoms with E-state index in [9.17, 15) is 13.2 Å². The number of cyclic esters (lactones) is 1. The molecule has 0 fully saturated rings. The highest BCUT2D eigenvalue weighted by molar-refractivity contribution is 7.90. The van der Waals surface area contributed by atoms with Crippen LogP contribution in [-0.2, 0) is 19.4 Å². The molecule has 6 heteroatoms. The van der Waals surface area contributed by atoms with Gasteiger partial charge in [0, 0.05) is 16.9 Å². The molecular formula is C18H15ClO4S. The normalized spacial score (nSPS) is 18.0. The van der Waals surface area contributed by atoms with Crippen LogP contribution in [0.3, 0.4) is 0 Å². The number of rotatable bonds is 3. The Kier molecular flexibility index (Phi) is 4.24. The molecule has 0 amide bonds. The van der Waals surface area contributed by atoms with Crippen LogP contribution in [0.1, 0.15) is 18.1 Å². The van der Waals surface area contributed by atoms with E-state index in [2.05, 4.69) is 0 Å². The molecule has 0 spiro atoms. The van der Waals surface area contributed by atoms with Gasteiger partial charge in [0.25, 0.3) is 0 Å². The van der Waals surface area contributed by atoms with E-state index in [-0.39, 0.29) is 4.90 Å². The molecule has 0 saturated heterocycles. The van der Waals surface area contributed by atoms with Gasteiger partial charge < -0.3 is 4.74 Å². The minimum Gasteiger partial charge on any atom is -0.454 e. The van der Waals surface area contributed by atoms with Gasteiger partial charge >= 0.3 is 5.97 Å². The average molecular weight is 363 g/mol. The maximum absolute atomic E-state index is 12.3.